The lowest BCUT2D eigenvalue weighted by Gasteiger charge is -2.32. The molecule has 1 aromatic heterocycles. The van der Waals surface area contributed by atoms with Crippen molar-refractivity contribution in [3.05, 3.63) is 24.1 Å². The van der Waals surface area contributed by atoms with Gasteiger partial charge in [0, 0.05) is 38.9 Å². The van der Waals surface area contributed by atoms with Crippen molar-refractivity contribution in [3.8, 4) is 0 Å². The van der Waals surface area contributed by atoms with Gasteiger partial charge >= 0.3 is 6.18 Å². The molecule has 1 aromatic rings. The normalized spacial score (nSPS) is 21.8. The molecule has 10 heteroatoms. The first-order chi connectivity index (χ1) is 14.3. The number of aliphatic imine (C=N–C) groups is 1. The van der Waals surface area contributed by atoms with Crippen molar-refractivity contribution >= 4 is 11.8 Å². The number of pyridine rings is 1. The van der Waals surface area contributed by atoms with Crippen LogP contribution in [0.25, 0.3) is 0 Å². The third-order valence-corrected chi connectivity index (χ3v) is 5.75. The van der Waals surface area contributed by atoms with Gasteiger partial charge in [0.15, 0.2) is 17.6 Å². The first-order valence-electron chi connectivity index (χ1n) is 10.5. The number of likely N-dealkylation sites (tertiary alicyclic amines) is 1. The molecule has 3 rings (SSSR count). The molecule has 1 unspecified atom stereocenters. The zero-order chi connectivity index (χ0) is 21.6. The predicted molar refractivity (Wildman–Crippen MR) is 109 cm³/mol. The number of nitrogens with one attached hydrogen (secondary N) is 2. The van der Waals surface area contributed by atoms with E-state index in [2.05, 4.69) is 20.6 Å². The van der Waals surface area contributed by atoms with E-state index in [0.29, 0.717) is 37.3 Å². The lowest BCUT2D eigenvalue weighted by atomic mass is 9.93. The summed E-state index contributed by atoms with van der Waals surface area (Å²) in [7, 11) is 1.70. The summed E-state index contributed by atoms with van der Waals surface area (Å²) in [6.07, 6.45) is 0.802. The van der Waals surface area contributed by atoms with Gasteiger partial charge in [-0.1, -0.05) is 0 Å². The Morgan fingerprint density at radius 3 is 2.67 bits per heavy atom. The summed E-state index contributed by atoms with van der Waals surface area (Å²) in [6, 6.07) is 3.14. The number of piperidine rings is 1. The van der Waals surface area contributed by atoms with Gasteiger partial charge in [0.1, 0.15) is 0 Å². The summed E-state index contributed by atoms with van der Waals surface area (Å²) >= 11 is 0. The summed E-state index contributed by atoms with van der Waals surface area (Å²) in [6.45, 7) is 2.27. The highest BCUT2D eigenvalue weighted by molar-refractivity contribution is 5.80. The smallest absolute Gasteiger partial charge is 0.356 e. The maximum Gasteiger partial charge on any atom is 0.401 e. The van der Waals surface area contributed by atoms with Gasteiger partial charge in [-0.05, 0) is 56.8 Å². The van der Waals surface area contributed by atoms with E-state index in [0.717, 1.165) is 38.8 Å². The number of rotatable bonds is 6. The molecule has 2 aliphatic heterocycles. The fourth-order valence-electron chi connectivity index (χ4n) is 4.15. The fourth-order valence-corrected chi connectivity index (χ4v) is 4.15. The van der Waals surface area contributed by atoms with Gasteiger partial charge in [-0.25, -0.2) is 9.37 Å². The van der Waals surface area contributed by atoms with Crippen molar-refractivity contribution in [3.63, 3.8) is 0 Å². The van der Waals surface area contributed by atoms with Gasteiger partial charge in [0.2, 0.25) is 0 Å². The number of nitrogens with zero attached hydrogens (tertiary/aromatic N) is 4. The Kier molecular flexibility index (Phi) is 7.74. The summed E-state index contributed by atoms with van der Waals surface area (Å²) in [5.74, 6) is 1.18. The first kappa shape index (κ1) is 22.6. The second-order valence-electron chi connectivity index (χ2n) is 8.01. The van der Waals surface area contributed by atoms with E-state index >= 15 is 0 Å². The Labute approximate surface area is 174 Å². The SMILES string of the molecule is CN=C(NCCC1CCN(CC(F)(F)F)CC1)NC1CCN(c2ncccc2F)C1. The minimum atomic E-state index is -4.12. The molecule has 0 bridgehead atoms. The molecular formula is C20H30F4N6. The lowest BCUT2D eigenvalue weighted by molar-refractivity contribution is -0.148. The monoisotopic (exact) mass is 430 g/mol. The van der Waals surface area contributed by atoms with Crippen LogP contribution in [-0.4, -0.2) is 74.4 Å². The molecule has 0 saturated carbocycles. The van der Waals surface area contributed by atoms with Crippen molar-refractivity contribution in [1.29, 1.82) is 0 Å². The van der Waals surface area contributed by atoms with Crippen LogP contribution in [0.15, 0.2) is 23.3 Å². The van der Waals surface area contributed by atoms with Gasteiger partial charge in [0.25, 0.3) is 0 Å². The van der Waals surface area contributed by atoms with Crippen LogP contribution in [0.5, 0.6) is 0 Å². The Balaban J connectivity index is 1.35. The molecular weight excluding hydrogens is 400 g/mol. The third-order valence-electron chi connectivity index (χ3n) is 5.75. The molecule has 0 aliphatic carbocycles. The van der Waals surface area contributed by atoms with Crippen LogP contribution >= 0.6 is 0 Å². The Bertz CT molecular complexity index is 703. The third kappa shape index (κ3) is 6.72. The number of alkyl halides is 3. The standard InChI is InChI=1S/C20H30F4N6/c1-25-19(27-9-4-15-5-10-29(11-6-15)14-20(22,23)24)28-16-7-12-30(13-16)18-17(21)3-2-8-26-18/h2-3,8,15-16H,4-7,9-14H2,1H3,(H2,25,27,28). The quantitative estimate of drug-likeness (QED) is 0.413. The van der Waals surface area contributed by atoms with Crippen molar-refractivity contribution in [2.45, 2.75) is 37.9 Å². The van der Waals surface area contributed by atoms with Crippen LogP contribution in [0.4, 0.5) is 23.4 Å². The van der Waals surface area contributed by atoms with Crippen molar-refractivity contribution in [2.24, 2.45) is 10.9 Å². The predicted octanol–water partition coefficient (Wildman–Crippen LogP) is 2.63. The minimum absolute atomic E-state index is 0.142. The van der Waals surface area contributed by atoms with E-state index in [1.807, 2.05) is 4.90 Å². The lowest BCUT2D eigenvalue weighted by Crippen LogP contribution is -2.45. The highest BCUT2D eigenvalue weighted by Crippen LogP contribution is 2.24. The molecule has 0 spiro atoms. The van der Waals surface area contributed by atoms with E-state index in [-0.39, 0.29) is 11.9 Å². The van der Waals surface area contributed by atoms with Gasteiger partial charge in [-0.15, -0.1) is 0 Å². The molecule has 3 heterocycles. The zero-order valence-electron chi connectivity index (χ0n) is 17.3. The highest BCUT2D eigenvalue weighted by atomic mass is 19.4. The second kappa shape index (κ2) is 10.3. The Morgan fingerprint density at radius 1 is 1.23 bits per heavy atom. The molecule has 2 saturated heterocycles. The molecule has 2 N–H and O–H groups in total. The molecule has 6 nitrogen and oxygen atoms in total. The number of anilines is 1. The number of guanidine groups is 1. The van der Waals surface area contributed by atoms with E-state index in [1.54, 1.807) is 19.3 Å². The summed E-state index contributed by atoms with van der Waals surface area (Å²) in [5.41, 5.74) is 0. The maximum absolute atomic E-state index is 13.9. The topological polar surface area (TPSA) is 55.8 Å². The van der Waals surface area contributed by atoms with Crippen LogP contribution < -0.4 is 15.5 Å². The highest BCUT2D eigenvalue weighted by Gasteiger charge is 2.32. The minimum Gasteiger partial charge on any atom is -0.356 e. The van der Waals surface area contributed by atoms with Crippen LogP contribution in [0.2, 0.25) is 0 Å². The maximum atomic E-state index is 13.9. The van der Waals surface area contributed by atoms with Crippen molar-refractivity contribution in [2.75, 3.05) is 51.2 Å². The van der Waals surface area contributed by atoms with E-state index < -0.39 is 12.7 Å². The molecule has 2 aliphatic rings. The van der Waals surface area contributed by atoms with E-state index in [9.17, 15) is 17.6 Å². The van der Waals surface area contributed by atoms with E-state index in [1.165, 1.54) is 11.0 Å². The average molecular weight is 430 g/mol. The molecule has 1 atom stereocenters. The molecule has 2 fully saturated rings. The summed E-state index contributed by atoms with van der Waals surface area (Å²) in [5, 5.41) is 6.67. The number of aromatic nitrogens is 1. The summed E-state index contributed by atoms with van der Waals surface area (Å²) in [4.78, 5) is 11.8. The molecule has 0 aromatic carbocycles. The van der Waals surface area contributed by atoms with Crippen molar-refractivity contribution in [1.82, 2.24) is 20.5 Å². The first-order valence-corrected chi connectivity index (χ1v) is 10.5. The van der Waals surface area contributed by atoms with E-state index in [4.69, 9.17) is 0 Å². The summed E-state index contributed by atoms with van der Waals surface area (Å²) < 4.78 is 51.4. The van der Waals surface area contributed by atoms with Crippen molar-refractivity contribution < 1.29 is 17.6 Å². The van der Waals surface area contributed by atoms with Crippen LogP contribution in [0.1, 0.15) is 25.7 Å². The Morgan fingerprint density at radius 2 is 2.00 bits per heavy atom. The Hall–Kier alpha value is -2.10. The van der Waals surface area contributed by atoms with Crippen LogP contribution in [0.3, 0.4) is 0 Å². The van der Waals surface area contributed by atoms with Gasteiger partial charge in [-0.3, -0.25) is 9.89 Å². The molecule has 0 amide bonds. The van der Waals surface area contributed by atoms with Gasteiger partial charge in [-0.2, -0.15) is 13.2 Å². The number of hydrogen-bond donors (Lipinski definition) is 2. The molecule has 0 radical (unpaired) electrons. The van der Waals surface area contributed by atoms with Gasteiger partial charge in [0.05, 0.1) is 6.54 Å². The fraction of sp³-hybridized carbons (Fsp3) is 0.700. The number of halogens is 4. The largest absolute Gasteiger partial charge is 0.401 e. The van der Waals surface area contributed by atoms with Crippen LogP contribution in [0, 0.1) is 11.7 Å². The zero-order valence-corrected chi connectivity index (χ0v) is 17.3. The van der Waals surface area contributed by atoms with Crippen LogP contribution in [-0.2, 0) is 0 Å². The second-order valence-corrected chi connectivity index (χ2v) is 8.01. The molecule has 168 valence electrons. The molecule has 30 heavy (non-hydrogen) atoms. The average Bonchev–Trinajstić information content (AvgIpc) is 3.16. The number of hydrogen-bond acceptors (Lipinski definition) is 4. The van der Waals surface area contributed by atoms with Gasteiger partial charge < -0.3 is 15.5 Å².